The number of benzene rings is 2. The SMILES string of the molecule is C=CC(=O)OCCCCCCOc1ccc2c(C)cc(=O)n(Cc3ccccc3)c2c1. The van der Waals surface area contributed by atoms with Crippen molar-refractivity contribution in [1.82, 2.24) is 4.57 Å². The molecule has 0 aliphatic rings. The smallest absolute Gasteiger partial charge is 0.330 e. The normalized spacial score (nSPS) is 10.7. The van der Waals surface area contributed by atoms with Gasteiger partial charge < -0.3 is 14.0 Å². The first-order valence-corrected chi connectivity index (χ1v) is 10.7. The van der Waals surface area contributed by atoms with Crippen molar-refractivity contribution in [3.8, 4) is 5.75 Å². The zero-order chi connectivity index (χ0) is 22.1. The summed E-state index contributed by atoms with van der Waals surface area (Å²) < 4.78 is 12.7. The molecule has 0 aliphatic carbocycles. The summed E-state index contributed by atoms with van der Waals surface area (Å²) in [4.78, 5) is 23.7. The van der Waals surface area contributed by atoms with E-state index in [9.17, 15) is 9.59 Å². The van der Waals surface area contributed by atoms with Crippen molar-refractivity contribution in [2.45, 2.75) is 39.2 Å². The summed E-state index contributed by atoms with van der Waals surface area (Å²) in [5.74, 6) is 0.389. The molecule has 1 heterocycles. The molecule has 0 unspecified atom stereocenters. The van der Waals surface area contributed by atoms with E-state index in [1.807, 2.05) is 55.5 Å². The molecule has 0 radical (unpaired) electrons. The summed E-state index contributed by atoms with van der Waals surface area (Å²) in [7, 11) is 0. The monoisotopic (exact) mass is 419 g/mol. The van der Waals surface area contributed by atoms with E-state index < -0.39 is 0 Å². The van der Waals surface area contributed by atoms with Crippen molar-refractivity contribution in [3.63, 3.8) is 0 Å². The number of carbonyl (C=O) groups excluding carboxylic acids is 1. The molecule has 0 saturated carbocycles. The number of unbranched alkanes of at least 4 members (excludes halogenated alkanes) is 3. The van der Waals surface area contributed by atoms with Crippen LogP contribution in [-0.2, 0) is 16.1 Å². The molecular formula is C26H29NO4. The van der Waals surface area contributed by atoms with Crippen molar-refractivity contribution >= 4 is 16.9 Å². The van der Waals surface area contributed by atoms with E-state index in [0.717, 1.165) is 53.5 Å². The topological polar surface area (TPSA) is 57.5 Å². The van der Waals surface area contributed by atoms with Gasteiger partial charge in [-0.15, -0.1) is 0 Å². The van der Waals surface area contributed by atoms with Crippen LogP contribution in [0.15, 0.2) is 72.0 Å². The van der Waals surface area contributed by atoms with Crippen LogP contribution in [0, 0.1) is 6.92 Å². The summed E-state index contributed by atoms with van der Waals surface area (Å²) in [5.41, 5.74) is 2.92. The third-order valence-electron chi connectivity index (χ3n) is 5.19. The third-order valence-corrected chi connectivity index (χ3v) is 5.19. The lowest BCUT2D eigenvalue weighted by Gasteiger charge is -2.14. The molecule has 3 aromatic rings. The summed E-state index contributed by atoms with van der Waals surface area (Å²) in [6, 6.07) is 17.6. The largest absolute Gasteiger partial charge is 0.494 e. The Bertz CT molecular complexity index is 1090. The standard InChI is InChI=1S/C26H29NO4/c1-3-26(29)31-16-10-5-4-9-15-30-22-13-14-23-20(2)17-25(28)27(24(23)18-22)19-21-11-7-6-8-12-21/h3,6-8,11-14,17-18H,1,4-5,9-10,15-16,19H2,2H3. The molecule has 0 atom stereocenters. The van der Waals surface area contributed by atoms with Crippen LogP contribution >= 0.6 is 0 Å². The molecule has 2 aromatic carbocycles. The number of esters is 1. The summed E-state index contributed by atoms with van der Waals surface area (Å²) >= 11 is 0. The predicted octanol–water partition coefficient (Wildman–Crippen LogP) is 5.03. The Morgan fingerprint density at radius 2 is 1.74 bits per heavy atom. The summed E-state index contributed by atoms with van der Waals surface area (Å²) in [5, 5.41) is 1.05. The van der Waals surface area contributed by atoms with E-state index >= 15 is 0 Å². The van der Waals surface area contributed by atoms with Crippen LogP contribution in [0.25, 0.3) is 10.9 Å². The van der Waals surface area contributed by atoms with Crippen LogP contribution in [0.2, 0.25) is 0 Å². The van der Waals surface area contributed by atoms with Crippen molar-refractivity contribution in [2.24, 2.45) is 0 Å². The molecule has 0 fully saturated rings. The maximum Gasteiger partial charge on any atom is 0.330 e. The second-order valence-electron chi connectivity index (χ2n) is 7.55. The zero-order valence-electron chi connectivity index (χ0n) is 18.0. The number of rotatable bonds is 11. The fourth-order valence-corrected chi connectivity index (χ4v) is 3.53. The highest BCUT2D eigenvalue weighted by Gasteiger charge is 2.09. The highest BCUT2D eigenvalue weighted by atomic mass is 16.5. The van der Waals surface area contributed by atoms with E-state index in [1.165, 1.54) is 6.08 Å². The number of ether oxygens (including phenoxy) is 2. The van der Waals surface area contributed by atoms with Crippen LogP contribution in [0.3, 0.4) is 0 Å². The van der Waals surface area contributed by atoms with Crippen LogP contribution < -0.4 is 10.3 Å². The Labute approximate surface area is 182 Å². The molecule has 0 N–H and O–H groups in total. The number of hydrogen-bond acceptors (Lipinski definition) is 4. The second-order valence-corrected chi connectivity index (χ2v) is 7.55. The Hall–Kier alpha value is -3.34. The third kappa shape index (κ3) is 6.32. The van der Waals surface area contributed by atoms with Gasteiger partial charge in [0.25, 0.3) is 5.56 Å². The maximum atomic E-state index is 12.7. The van der Waals surface area contributed by atoms with E-state index in [-0.39, 0.29) is 11.5 Å². The molecule has 1 aromatic heterocycles. The number of hydrogen-bond donors (Lipinski definition) is 0. The maximum absolute atomic E-state index is 12.7. The first-order chi connectivity index (χ1) is 15.1. The molecule has 0 aliphatic heterocycles. The Balaban J connectivity index is 1.61. The van der Waals surface area contributed by atoms with Gasteiger partial charge >= 0.3 is 5.97 Å². The van der Waals surface area contributed by atoms with Gasteiger partial charge in [-0.1, -0.05) is 36.9 Å². The first-order valence-electron chi connectivity index (χ1n) is 10.7. The van der Waals surface area contributed by atoms with Crippen LogP contribution in [0.5, 0.6) is 5.75 Å². The highest BCUT2D eigenvalue weighted by molar-refractivity contribution is 5.84. The molecule has 0 spiro atoms. The average Bonchev–Trinajstić information content (AvgIpc) is 2.78. The zero-order valence-corrected chi connectivity index (χ0v) is 18.0. The van der Waals surface area contributed by atoms with E-state index in [4.69, 9.17) is 9.47 Å². The number of aryl methyl sites for hydroxylation is 1. The van der Waals surface area contributed by atoms with Gasteiger partial charge in [0.2, 0.25) is 0 Å². The molecule has 3 rings (SSSR count). The lowest BCUT2D eigenvalue weighted by Crippen LogP contribution is -2.21. The molecule has 5 nitrogen and oxygen atoms in total. The van der Waals surface area contributed by atoms with Crippen LogP contribution in [0.4, 0.5) is 0 Å². The van der Waals surface area contributed by atoms with Gasteiger partial charge in [-0.3, -0.25) is 4.79 Å². The Morgan fingerprint density at radius 1 is 1.00 bits per heavy atom. The van der Waals surface area contributed by atoms with Crippen molar-refractivity contribution in [2.75, 3.05) is 13.2 Å². The predicted molar refractivity (Wildman–Crippen MR) is 124 cm³/mol. The van der Waals surface area contributed by atoms with Gasteiger partial charge in [-0.05, 0) is 55.9 Å². The van der Waals surface area contributed by atoms with Gasteiger partial charge in [0.05, 0.1) is 25.3 Å². The number of pyridine rings is 1. The minimum Gasteiger partial charge on any atom is -0.494 e. The molecule has 31 heavy (non-hydrogen) atoms. The number of nitrogens with zero attached hydrogens (tertiary/aromatic N) is 1. The van der Waals surface area contributed by atoms with Crippen molar-refractivity contribution in [3.05, 3.63) is 88.7 Å². The minimum atomic E-state index is -0.374. The van der Waals surface area contributed by atoms with Crippen LogP contribution in [-0.4, -0.2) is 23.8 Å². The molecule has 0 saturated heterocycles. The lowest BCUT2D eigenvalue weighted by atomic mass is 10.1. The number of fused-ring (bicyclic) bond motifs is 1. The molecular weight excluding hydrogens is 390 g/mol. The fourth-order valence-electron chi connectivity index (χ4n) is 3.53. The van der Waals surface area contributed by atoms with Gasteiger partial charge in [-0.2, -0.15) is 0 Å². The van der Waals surface area contributed by atoms with Crippen LogP contribution in [0.1, 0.15) is 36.8 Å². The fraction of sp³-hybridized carbons (Fsp3) is 0.308. The number of aromatic nitrogens is 1. The highest BCUT2D eigenvalue weighted by Crippen LogP contribution is 2.23. The Kier molecular flexibility index (Phi) is 8.05. The minimum absolute atomic E-state index is 0.0110. The molecule has 162 valence electrons. The van der Waals surface area contributed by atoms with Gasteiger partial charge in [0.1, 0.15) is 5.75 Å². The van der Waals surface area contributed by atoms with E-state index in [0.29, 0.717) is 19.8 Å². The van der Waals surface area contributed by atoms with Gasteiger partial charge in [0, 0.05) is 23.6 Å². The Morgan fingerprint density at radius 3 is 2.48 bits per heavy atom. The van der Waals surface area contributed by atoms with E-state index in [1.54, 1.807) is 10.6 Å². The molecule has 5 heteroatoms. The number of carbonyl (C=O) groups is 1. The molecule has 0 amide bonds. The molecule has 0 bridgehead atoms. The summed E-state index contributed by atoms with van der Waals surface area (Å²) in [6.07, 6.45) is 4.90. The first kappa shape index (κ1) is 22.3. The van der Waals surface area contributed by atoms with E-state index in [2.05, 4.69) is 6.58 Å². The van der Waals surface area contributed by atoms with Gasteiger partial charge in [0.15, 0.2) is 0 Å². The quantitative estimate of drug-likeness (QED) is 0.249. The van der Waals surface area contributed by atoms with Gasteiger partial charge in [-0.25, -0.2) is 4.79 Å². The lowest BCUT2D eigenvalue weighted by molar-refractivity contribution is -0.137. The second kappa shape index (κ2) is 11.2. The summed E-state index contributed by atoms with van der Waals surface area (Å²) in [6.45, 7) is 6.89. The average molecular weight is 420 g/mol. The van der Waals surface area contributed by atoms with Crippen molar-refractivity contribution in [1.29, 1.82) is 0 Å². The van der Waals surface area contributed by atoms with Crippen molar-refractivity contribution < 1.29 is 14.3 Å².